The molecule has 0 fully saturated rings. The van der Waals surface area contributed by atoms with Crippen LogP contribution in [0, 0.1) is 0 Å². The zero-order valence-electron chi connectivity index (χ0n) is 17.7. The summed E-state index contributed by atoms with van der Waals surface area (Å²) in [6.07, 6.45) is 0.939. The van der Waals surface area contributed by atoms with E-state index in [1.807, 2.05) is 18.2 Å². The lowest BCUT2D eigenvalue weighted by atomic mass is 10.1. The zero-order chi connectivity index (χ0) is 20.9. The molecule has 1 amide bonds. The number of rotatable bonds is 8. The Morgan fingerprint density at radius 1 is 0.833 bits per heavy atom. The molecule has 0 unspecified atom stereocenters. The molecule has 4 aromatic rings. The van der Waals surface area contributed by atoms with Crippen molar-refractivity contribution in [3.05, 3.63) is 83.4 Å². The summed E-state index contributed by atoms with van der Waals surface area (Å²) in [6.45, 7) is 7.43. The highest BCUT2D eigenvalue weighted by atomic mass is 16.1. The molecule has 0 bridgehead atoms. The number of carbonyl (C=O) groups excluding carboxylic acids is 1. The fourth-order valence-electron chi connectivity index (χ4n) is 4.07. The molecule has 4 heteroatoms. The first-order valence-electron chi connectivity index (χ1n) is 10.8. The van der Waals surface area contributed by atoms with Gasteiger partial charge in [-0.3, -0.25) is 4.79 Å². The number of hydrogen-bond donors (Lipinski definition) is 2. The summed E-state index contributed by atoms with van der Waals surface area (Å²) in [5.41, 5.74) is 5.67. The number of nitrogens with zero attached hydrogens (tertiary/aromatic N) is 1. The van der Waals surface area contributed by atoms with Gasteiger partial charge in [-0.25, -0.2) is 0 Å². The van der Waals surface area contributed by atoms with Crippen molar-refractivity contribution >= 4 is 27.7 Å². The number of nitrogens with one attached hydrogen (secondary N) is 2. The molecule has 0 aliphatic carbocycles. The summed E-state index contributed by atoms with van der Waals surface area (Å²) >= 11 is 0. The Balaban J connectivity index is 1.47. The summed E-state index contributed by atoms with van der Waals surface area (Å²) < 4.78 is 2.37. The Morgan fingerprint density at radius 3 is 2.40 bits per heavy atom. The second-order valence-electron chi connectivity index (χ2n) is 7.67. The van der Waals surface area contributed by atoms with Crippen LogP contribution < -0.4 is 10.6 Å². The van der Waals surface area contributed by atoms with Crippen LogP contribution in [0.25, 0.3) is 21.8 Å². The van der Waals surface area contributed by atoms with Crippen molar-refractivity contribution in [2.75, 3.05) is 6.54 Å². The average molecular weight is 400 g/mol. The minimum absolute atomic E-state index is 0.00327. The number of carbonyl (C=O) groups is 1. The lowest BCUT2D eigenvalue weighted by Crippen LogP contribution is -2.24. The van der Waals surface area contributed by atoms with E-state index in [0.29, 0.717) is 6.54 Å². The third-order valence-corrected chi connectivity index (χ3v) is 5.54. The normalized spacial score (nSPS) is 11.3. The number of para-hydroxylation sites is 1. The zero-order valence-corrected chi connectivity index (χ0v) is 17.7. The lowest BCUT2D eigenvalue weighted by Gasteiger charge is -2.08. The van der Waals surface area contributed by atoms with Crippen molar-refractivity contribution in [3.8, 4) is 0 Å². The van der Waals surface area contributed by atoms with Gasteiger partial charge in [0.15, 0.2) is 0 Å². The first-order chi connectivity index (χ1) is 14.7. The molecule has 154 valence electrons. The maximum absolute atomic E-state index is 12.2. The van der Waals surface area contributed by atoms with Gasteiger partial charge in [0.05, 0.1) is 0 Å². The van der Waals surface area contributed by atoms with Gasteiger partial charge in [-0.1, -0.05) is 43.3 Å². The molecule has 0 spiro atoms. The van der Waals surface area contributed by atoms with Gasteiger partial charge in [-0.05, 0) is 54.8 Å². The van der Waals surface area contributed by atoms with Crippen molar-refractivity contribution in [2.45, 2.75) is 39.9 Å². The number of aryl methyl sites for hydroxylation is 1. The largest absolute Gasteiger partial charge is 0.352 e. The Kier molecular flexibility index (Phi) is 6.15. The molecule has 0 atom stereocenters. The molecule has 0 aliphatic rings. The molecular weight excluding hydrogens is 370 g/mol. The maximum Gasteiger partial charge on any atom is 0.251 e. The molecule has 30 heavy (non-hydrogen) atoms. The van der Waals surface area contributed by atoms with Crippen LogP contribution in [0.5, 0.6) is 0 Å². The van der Waals surface area contributed by atoms with Gasteiger partial charge in [0.1, 0.15) is 0 Å². The third-order valence-electron chi connectivity index (χ3n) is 5.54. The van der Waals surface area contributed by atoms with Crippen LogP contribution in [0.3, 0.4) is 0 Å². The number of amides is 1. The monoisotopic (exact) mass is 399 g/mol. The van der Waals surface area contributed by atoms with Crippen LogP contribution in [0.1, 0.15) is 41.8 Å². The highest BCUT2D eigenvalue weighted by molar-refractivity contribution is 6.08. The van der Waals surface area contributed by atoms with Gasteiger partial charge in [-0.2, -0.15) is 0 Å². The van der Waals surface area contributed by atoms with Crippen LogP contribution in [0.4, 0.5) is 0 Å². The minimum atomic E-state index is -0.00327. The summed E-state index contributed by atoms with van der Waals surface area (Å²) in [5, 5.41) is 9.07. The lowest BCUT2D eigenvalue weighted by molar-refractivity contribution is 0.0953. The highest BCUT2D eigenvalue weighted by Gasteiger charge is 2.10. The molecule has 1 aromatic heterocycles. The molecule has 2 N–H and O–H groups in total. The SMILES string of the molecule is CCCNC(=O)c1cccc(CNCc2ccc3c(c2)c2ccccc2n3CC)c1. The summed E-state index contributed by atoms with van der Waals surface area (Å²) in [4.78, 5) is 12.2. The van der Waals surface area contributed by atoms with E-state index < -0.39 is 0 Å². The second kappa shape index (κ2) is 9.14. The van der Waals surface area contributed by atoms with Gasteiger partial charge >= 0.3 is 0 Å². The van der Waals surface area contributed by atoms with E-state index in [1.54, 1.807) is 0 Å². The molecule has 4 nitrogen and oxygen atoms in total. The number of aromatic nitrogens is 1. The van der Waals surface area contributed by atoms with E-state index in [2.05, 4.69) is 77.6 Å². The van der Waals surface area contributed by atoms with Crippen LogP contribution in [-0.2, 0) is 19.6 Å². The van der Waals surface area contributed by atoms with Crippen LogP contribution in [0.15, 0.2) is 66.7 Å². The van der Waals surface area contributed by atoms with E-state index >= 15 is 0 Å². The average Bonchev–Trinajstić information content (AvgIpc) is 3.10. The molecule has 4 rings (SSSR count). The van der Waals surface area contributed by atoms with Crippen molar-refractivity contribution in [2.24, 2.45) is 0 Å². The van der Waals surface area contributed by atoms with Crippen molar-refractivity contribution in [1.29, 1.82) is 0 Å². The van der Waals surface area contributed by atoms with Crippen molar-refractivity contribution < 1.29 is 4.79 Å². The molecule has 3 aromatic carbocycles. The fourth-order valence-corrected chi connectivity index (χ4v) is 4.07. The van der Waals surface area contributed by atoms with Crippen molar-refractivity contribution in [3.63, 3.8) is 0 Å². The van der Waals surface area contributed by atoms with Crippen molar-refractivity contribution in [1.82, 2.24) is 15.2 Å². The van der Waals surface area contributed by atoms with E-state index in [9.17, 15) is 4.79 Å². The molecule has 0 saturated heterocycles. The number of hydrogen-bond acceptors (Lipinski definition) is 2. The van der Waals surface area contributed by atoms with Gasteiger partial charge < -0.3 is 15.2 Å². The molecule has 0 saturated carbocycles. The molecule has 0 radical (unpaired) electrons. The van der Waals surface area contributed by atoms with Crippen LogP contribution >= 0.6 is 0 Å². The molecular formula is C26H29N3O. The Hall–Kier alpha value is -3.11. The number of fused-ring (bicyclic) bond motifs is 3. The van der Waals surface area contributed by atoms with E-state index in [4.69, 9.17) is 0 Å². The predicted octanol–water partition coefficient (Wildman–Crippen LogP) is 5.24. The first kappa shape index (κ1) is 20.2. The number of benzene rings is 3. The summed E-state index contributed by atoms with van der Waals surface area (Å²) in [6, 6.07) is 23.2. The van der Waals surface area contributed by atoms with E-state index in [-0.39, 0.29) is 5.91 Å². The molecule has 1 heterocycles. The Bertz CT molecular complexity index is 1180. The smallest absolute Gasteiger partial charge is 0.251 e. The fraction of sp³-hybridized carbons (Fsp3) is 0.269. The predicted molar refractivity (Wildman–Crippen MR) is 125 cm³/mol. The van der Waals surface area contributed by atoms with E-state index in [0.717, 1.165) is 37.2 Å². The highest BCUT2D eigenvalue weighted by Crippen LogP contribution is 2.29. The van der Waals surface area contributed by atoms with Crippen LogP contribution in [-0.4, -0.2) is 17.0 Å². The van der Waals surface area contributed by atoms with Gasteiger partial charge in [0.2, 0.25) is 0 Å². The van der Waals surface area contributed by atoms with Gasteiger partial charge in [0.25, 0.3) is 5.91 Å². The van der Waals surface area contributed by atoms with Crippen LogP contribution in [0.2, 0.25) is 0 Å². The Labute approximate surface area is 177 Å². The summed E-state index contributed by atoms with van der Waals surface area (Å²) in [5.74, 6) is -0.00327. The van der Waals surface area contributed by atoms with Gasteiger partial charge in [-0.15, -0.1) is 0 Å². The first-order valence-corrected chi connectivity index (χ1v) is 10.8. The topological polar surface area (TPSA) is 46.1 Å². The molecule has 0 aliphatic heterocycles. The summed E-state index contributed by atoms with van der Waals surface area (Å²) in [7, 11) is 0. The minimum Gasteiger partial charge on any atom is -0.352 e. The standard InChI is InChI=1S/C26H29N3O/c1-3-14-28-26(30)21-9-7-8-19(15-21)17-27-18-20-12-13-25-23(16-20)22-10-5-6-11-24(22)29(25)4-2/h5-13,15-16,27H,3-4,14,17-18H2,1-2H3,(H,28,30). The quantitative estimate of drug-likeness (QED) is 0.425. The maximum atomic E-state index is 12.2. The third kappa shape index (κ3) is 4.10. The Morgan fingerprint density at radius 2 is 1.60 bits per heavy atom. The second-order valence-corrected chi connectivity index (χ2v) is 7.67. The van der Waals surface area contributed by atoms with E-state index in [1.165, 1.54) is 27.4 Å². The van der Waals surface area contributed by atoms with Gasteiger partial charge in [0, 0.05) is 53.5 Å².